The molecule has 0 radical (unpaired) electrons. The number of carbonyl (C=O) groups is 4. The van der Waals surface area contributed by atoms with Crippen molar-refractivity contribution in [1.29, 1.82) is 0 Å². The van der Waals surface area contributed by atoms with Crippen LogP contribution in [0.3, 0.4) is 0 Å². The standard InChI is InChI=1S/C33H29ClN2O6/c1-17-14-27(38)30-25(31(17)39)16-23-21(28(30)24-15-18(34)2-9-26(24)37)7-8-22-29(23)33(41)36(32(22)40)20-5-3-19(4-6-20)35-10-12-42-13-11-35/h2-7,9,14-15,22-23,28-29,37H,8,10-13,16H2,1H3/t22-,23+,28+,29-/m0/s1. The molecule has 2 saturated heterocycles. The Kier molecular flexibility index (Phi) is 6.44. The Bertz CT molecular complexity index is 1650. The summed E-state index contributed by atoms with van der Waals surface area (Å²) in [4.78, 5) is 58.2. The Morgan fingerprint density at radius 1 is 0.929 bits per heavy atom. The quantitative estimate of drug-likeness (QED) is 0.321. The summed E-state index contributed by atoms with van der Waals surface area (Å²) in [5, 5.41) is 11.3. The number of nitrogens with zero attached hydrogens (tertiary/aromatic N) is 2. The first-order valence-electron chi connectivity index (χ1n) is 14.2. The van der Waals surface area contributed by atoms with Crippen LogP contribution in [0.5, 0.6) is 5.75 Å². The number of phenolic OH excluding ortho intramolecular Hbond substituents is 1. The Balaban J connectivity index is 1.28. The number of ketones is 2. The monoisotopic (exact) mass is 584 g/mol. The normalized spacial score (nSPS) is 27.5. The number of carbonyl (C=O) groups excluding carboxylic acids is 4. The summed E-state index contributed by atoms with van der Waals surface area (Å²) in [6, 6.07) is 12.1. The van der Waals surface area contributed by atoms with E-state index in [1.807, 2.05) is 18.2 Å². The van der Waals surface area contributed by atoms with Gasteiger partial charge in [0.2, 0.25) is 11.8 Å². The van der Waals surface area contributed by atoms with Gasteiger partial charge in [0.25, 0.3) is 0 Å². The lowest BCUT2D eigenvalue weighted by Gasteiger charge is -2.42. The van der Waals surface area contributed by atoms with E-state index in [0.29, 0.717) is 52.6 Å². The summed E-state index contributed by atoms with van der Waals surface area (Å²) in [5.74, 6) is -3.65. The molecule has 0 bridgehead atoms. The minimum atomic E-state index is -0.746. The van der Waals surface area contributed by atoms with Crippen molar-refractivity contribution in [3.8, 4) is 5.75 Å². The Morgan fingerprint density at radius 3 is 2.38 bits per heavy atom. The van der Waals surface area contributed by atoms with Crippen LogP contribution in [0.2, 0.25) is 5.02 Å². The topological polar surface area (TPSA) is 104 Å². The molecule has 2 heterocycles. The minimum absolute atomic E-state index is 0.0535. The zero-order chi connectivity index (χ0) is 29.3. The van der Waals surface area contributed by atoms with Crippen LogP contribution < -0.4 is 9.80 Å². The second-order valence-electron chi connectivity index (χ2n) is 11.6. The molecule has 42 heavy (non-hydrogen) atoms. The number of benzene rings is 2. The Hall–Kier alpha value is -4.01. The average molecular weight is 585 g/mol. The first-order chi connectivity index (χ1) is 20.2. The number of hydrogen-bond donors (Lipinski definition) is 1. The van der Waals surface area contributed by atoms with Gasteiger partial charge >= 0.3 is 0 Å². The number of hydrogen-bond acceptors (Lipinski definition) is 7. The van der Waals surface area contributed by atoms with Gasteiger partial charge in [-0.15, -0.1) is 0 Å². The number of halogens is 1. The van der Waals surface area contributed by atoms with Crippen LogP contribution in [0.1, 0.15) is 31.2 Å². The number of aromatic hydroxyl groups is 1. The van der Waals surface area contributed by atoms with Crippen LogP contribution >= 0.6 is 11.6 Å². The molecule has 2 fully saturated rings. The highest BCUT2D eigenvalue weighted by atomic mass is 35.5. The first kappa shape index (κ1) is 26.9. The van der Waals surface area contributed by atoms with Crippen LogP contribution in [-0.4, -0.2) is 54.8 Å². The van der Waals surface area contributed by atoms with E-state index in [1.54, 1.807) is 31.2 Å². The van der Waals surface area contributed by atoms with Crippen LogP contribution in [0.15, 0.2) is 76.9 Å². The van der Waals surface area contributed by atoms with E-state index >= 15 is 0 Å². The number of imide groups is 1. The molecule has 0 unspecified atom stereocenters. The van der Waals surface area contributed by atoms with Crippen molar-refractivity contribution in [3.05, 3.63) is 87.5 Å². The molecule has 7 rings (SSSR count). The number of allylic oxidation sites excluding steroid dienone is 6. The minimum Gasteiger partial charge on any atom is -0.508 e. The van der Waals surface area contributed by atoms with E-state index in [1.165, 1.54) is 17.0 Å². The molecule has 8 nitrogen and oxygen atoms in total. The van der Waals surface area contributed by atoms with Crippen molar-refractivity contribution >= 4 is 46.4 Å². The van der Waals surface area contributed by atoms with Gasteiger partial charge in [-0.1, -0.05) is 23.3 Å². The van der Waals surface area contributed by atoms with Gasteiger partial charge in [-0.3, -0.25) is 24.1 Å². The summed E-state index contributed by atoms with van der Waals surface area (Å²) < 4.78 is 5.44. The number of Topliss-reactive ketones (excluding diaryl/α,β-unsaturated/α-hetero) is 1. The molecule has 4 atom stereocenters. The van der Waals surface area contributed by atoms with Gasteiger partial charge in [-0.25, -0.2) is 0 Å². The SMILES string of the molecule is CC1=CC(=O)C2=C(C[C@@H]3C(=CC[C@@H]4C(=O)N(c5ccc(N6CCOCC6)cc5)C(=O)[C@@H]43)[C@@H]2c2cc(Cl)ccc2O)C1=O. The van der Waals surface area contributed by atoms with E-state index < -0.39 is 23.7 Å². The predicted molar refractivity (Wildman–Crippen MR) is 156 cm³/mol. The van der Waals surface area contributed by atoms with E-state index in [-0.39, 0.29) is 35.6 Å². The molecule has 0 spiro atoms. The third kappa shape index (κ3) is 4.07. The largest absolute Gasteiger partial charge is 0.508 e. The van der Waals surface area contributed by atoms with E-state index in [4.69, 9.17) is 16.3 Å². The maximum Gasteiger partial charge on any atom is 0.238 e. The molecule has 9 heteroatoms. The Labute approximate surface area is 247 Å². The number of rotatable bonds is 3. The number of ether oxygens (including phenoxy) is 1. The van der Waals surface area contributed by atoms with Crippen molar-refractivity contribution in [2.75, 3.05) is 36.1 Å². The van der Waals surface area contributed by atoms with Crippen molar-refractivity contribution in [2.24, 2.45) is 17.8 Å². The number of phenols is 1. The zero-order valence-corrected chi connectivity index (χ0v) is 23.8. The molecular weight excluding hydrogens is 556 g/mol. The summed E-state index contributed by atoms with van der Waals surface area (Å²) in [7, 11) is 0. The molecule has 1 N–H and O–H groups in total. The van der Waals surface area contributed by atoms with Crippen molar-refractivity contribution in [3.63, 3.8) is 0 Å². The molecular formula is C33H29ClN2O6. The van der Waals surface area contributed by atoms with Crippen LogP contribution in [0.4, 0.5) is 11.4 Å². The number of fused-ring (bicyclic) bond motifs is 3. The van der Waals surface area contributed by atoms with Crippen LogP contribution in [0.25, 0.3) is 0 Å². The molecule has 2 aliphatic heterocycles. The summed E-state index contributed by atoms with van der Waals surface area (Å²) in [5.41, 5.74) is 3.70. The second-order valence-corrected chi connectivity index (χ2v) is 12.0. The van der Waals surface area contributed by atoms with Gasteiger partial charge in [0, 0.05) is 52.0 Å². The van der Waals surface area contributed by atoms with Gasteiger partial charge in [0.1, 0.15) is 5.75 Å². The second kappa shape index (κ2) is 10.1. The lowest BCUT2D eigenvalue weighted by Crippen LogP contribution is -2.39. The van der Waals surface area contributed by atoms with Crippen molar-refractivity contribution < 1.29 is 29.0 Å². The molecule has 5 aliphatic rings. The predicted octanol–water partition coefficient (Wildman–Crippen LogP) is 4.52. The first-order valence-corrected chi connectivity index (χ1v) is 14.6. The third-order valence-corrected chi connectivity index (χ3v) is 9.58. The van der Waals surface area contributed by atoms with Gasteiger partial charge in [0.05, 0.1) is 30.7 Å². The van der Waals surface area contributed by atoms with Crippen LogP contribution in [0, 0.1) is 17.8 Å². The lowest BCUT2D eigenvalue weighted by molar-refractivity contribution is -0.123. The number of anilines is 2. The highest BCUT2D eigenvalue weighted by Crippen LogP contribution is 2.56. The summed E-state index contributed by atoms with van der Waals surface area (Å²) >= 11 is 6.33. The zero-order valence-electron chi connectivity index (χ0n) is 23.0. The molecule has 2 amide bonds. The highest BCUT2D eigenvalue weighted by molar-refractivity contribution is 6.30. The number of amides is 2. The maximum absolute atomic E-state index is 14.1. The van der Waals surface area contributed by atoms with Gasteiger partial charge in [-0.2, -0.15) is 0 Å². The fourth-order valence-corrected chi connectivity index (χ4v) is 7.56. The molecule has 3 aliphatic carbocycles. The van der Waals surface area contributed by atoms with E-state index in [2.05, 4.69) is 4.90 Å². The molecule has 214 valence electrons. The lowest BCUT2D eigenvalue weighted by atomic mass is 9.59. The van der Waals surface area contributed by atoms with Crippen molar-refractivity contribution in [2.45, 2.75) is 25.7 Å². The molecule has 0 aromatic heterocycles. The molecule has 0 saturated carbocycles. The van der Waals surface area contributed by atoms with E-state index in [9.17, 15) is 24.3 Å². The van der Waals surface area contributed by atoms with Crippen LogP contribution in [-0.2, 0) is 23.9 Å². The van der Waals surface area contributed by atoms with Gasteiger partial charge in [0.15, 0.2) is 11.6 Å². The maximum atomic E-state index is 14.1. The average Bonchev–Trinajstić information content (AvgIpc) is 3.26. The van der Waals surface area contributed by atoms with E-state index in [0.717, 1.165) is 24.4 Å². The molecule has 2 aromatic carbocycles. The highest BCUT2D eigenvalue weighted by Gasteiger charge is 2.56. The van der Waals surface area contributed by atoms with Crippen molar-refractivity contribution in [1.82, 2.24) is 0 Å². The summed E-state index contributed by atoms with van der Waals surface area (Å²) in [6.45, 7) is 4.47. The Morgan fingerprint density at radius 2 is 1.64 bits per heavy atom. The third-order valence-electron chi connectivity index (χ3n) is 9.35. The number of morpholine rings is 1. The smallest absolute Gasteiger partial charge is 0.238 e. The van der Waals surface area contributed by atoms with Gasteiger partial charge < -0.3 is 14.7 Å². The molecule has 2 aromatic rings. The fourth-order valence-electron chi connectivity index (χ4n) is 7.38. The van der Waals surface area contributed by atoms with Gasteiger partial charge in [-0.05, 0) is 74.2 Å². The fraction of sp³-hybridized carbons (Fsp3) is 0.333. The summed E-state index contributed by atoms with van der Waals surface area (Å²) in [6.07, 6.45) is 3.77.